The minimum absolute atomic E-state index is 0.0533. The summed E-state index contributed by atoms with van der Waals surface area (Å²) in [4.78, 5) is 16.0. The van der Waals surface area contributed by atoms with Gasteiger partial charge < -0.3 is 15.5 Å². The SMILES string of the molecule is Cc1cc(F)ccc1[C@H]1[C@H](CN)CCN1C(=O)N(C)[C@H](C)c1cc(C(F)(F)F)cc(C(F)(F)F)c1. The first kappa shape index (κ1) is 26.8. The number of amides is 2. The standard InChI is InChI=1S/C24H26F7N3O/c1-13-8-19(25)4-5-20(13)21-15(12-32)6-7-34(21)22(35)33(3)14(2)16-9-17(23(26,27)28)11-18(10-16)24(29,30)31/h4-5,8-11,14-15,21H,6-7,12,32H2,1-3H3/t14-,15+,21-/m1/s1. The molecule has 1 aliphatic heterocycles. The van der Waals surface area contributed by atoms with E-state index in [1.54, 1.807) is 13.0 Å². The van der Waals surface area contributed by atoms with Crippen molar-refractivity contribution in [1.29, 1.82) is 0 Å². The smallest absolute Gasteiger partial charge is 0.330 e. The second-order valence-corrected chi connectivity index (χ2v) is 8.83. The summed E-state index contributed by atoms with van der Waals surface area (Å²) in [5.74, 6) is -0.584. The molecule has 0 aromatic heterocycles. The van der Waals surface area contributed by atoms with Gasteiger partial charge in [0.1, 0.15) is 5.82 Å². The van der Waals surface area contributed by atoms with Gasteiger partial charge in [0.05, 0.1) is 23.2 Å². The number of hydrogen-bond acceptors (Lipinski definition) is 2. The summed E-state index contributed by atoms with van der Waals surface area (Å²) < 4.78 is 93.4. The van der Waals surface area contributed by atoms with Crippen LogP contribution in [0.4, 0.5) is 35.5 Å². The number of likely N-dealkylation sites (tertiary alicyclic amines) is 1. The van der Waals surface area contributed by atoms with Crippen LogP contribution in [0.3, 0.4) is 0 Å². The normalized spacial score (nSPS) is 19.7. The summed E-state index contributed by atoms with van der Waals surface area (Å²) in [7, 11) is 1.32. The lowest BCUT2D eigenvalue weighted by molar-refractivity contribution is -0.143. The molecule has 35 heavy (non-hydrogen) atoms. The number of carbonyl (C=O) groups excluding carboxylic acids is 1. The molecule has 11 heteroatoms. The summed E-state index contributed by atoms with van der Waals surface area (Å²) in [5, 5.41) is 0. The molecule has 1 heterocycles. The van der Waals surface area contributed by atoms with Gasteiger partial charge in [0.25, 0.3) is 0 Å². The Morgan fingerprint density at radius 2 is 1.66 bits per heavy atom. The number of halogens is 7. The Kier molecular flexibility index (Phi) is 7.40. The van der Waals surface area contributed by atoms with E-state index in [2.05, 4.69) is 0 Å². The second kappa shape index (κ2) is 9.67. The highest BCUT2D eigenvalue weighted by Gasteiger charge is 2.41. The number of aryl methyl sites for hydroxylation is 1. The Hall–Kier alpha value is -2.82. The van der Waals surface area contributed by atoms with Crippen LogP contribution >= 0.6 is 0 Å². The number of urea groups is 1. The van der Waals surface area contributed by atoms with E-state index in [1.165, 1.54) is 31.0 Å². The zero-order valence-corrected chi connectivity index (χ0v) is 19.3. The highest BCUT2D eigenvalue weighted by atomic mass is 19.4. The quantitative estimate of drug-likeness (QED) is 0.496. The van der Waals surface area contributed by atoms with Gasteiger partial charge in [0.15, 0.2) is 0 Å². The van der Waals surface area contributed by atoms with Gasteiger partial charge in [-0.25, -0.2) is 9.18 Å². The Labute approximate surface area is 198 Å². The van der Waals surface area contributed by atoms with Crippen LogP contribution in [-0.2, 0) is 12.4 Å². The molecule has 2 aromatic carbocycles. The van der Waals surface area contributed by atoms with Gasteiger partial charge in [0.2, 0.25) is 0 Å². The zero-order chi connectivity index (χ0) is 26.3. The third kappa shape index (κ3) is 5.55. The van der Waals surface area contributed by atoms with E-state index >= 15 is 0 Å². The number of nitrogens with zero attached hydrogens (tertiary/aromatic N) is 2. The molecule has 3 rings (SSSR count). The molecule has 2 N–H and O–H groups in total. The number of hydrogen-bond donors (Lipinski definition) is 1. The number of rotatable bonds is 4. The van der Waals surface area contributed by atoms with Gasteiger partial charge in [-0.2, -0.15) is 26.3 Å². The molecule has 192 valence electrons. The lowest BCUT2D eigenvalue weighted by Crippen LogP contribution is -2.43. The van der Waals surface area contributed by atoms with E-state index in [4.69, 9.17) is 5.73 Å². The molecule has 2 aromatic rings. The van der Waals surface area contributed by atoms with Crippen molar-refractivity contribution < 1.29 is 35.5 Å². The first-order valence-electron chi connectivity index (χ1n) is 10.9. The van der Waals surface area contributed by atoms with Gasteiger partial charge in [0, 0.05) is 13.6 Å². The molecule has 3 atom stereocenters. The first-order chi connectivity index (χ1) is 16.1. The van der Waals surface area contributed by atoms with Crippen molar-refractivity contribution in [3.63, 3.8) is 0 Å². The van der Waals surface area contributed by atoms with Crippen LogP contribution in [0.25, 0.3) is 0 Å². The summed E-state index contributed by atoms with van der Waals surface area (Å²) >= 11 is 0. The molecule has 0 spiro atoms. The van der Waals surface area contributed by atoms with Crippen LogP contribution in [0, 0.1) is 18.7 Å². The Morgan fingerprint density at radius 3 is 2.14 bits per heavy atom. The van der Waals surface area contributed by atoms with Crippen LogP contribution in [0.1, 0.15) is 53.2 Å². The van der Waals surface area contributed by atoms with Gasteiger partial charge >= 0.3 is 18.4 Å². The predicted octanol–water partition coefficient (Wildman–Crippen LogP) is 6.31. The monoisotopic (exact) mass is 505 g/mol. The predicted molar refractivity (Wildman–Crippen MR) is 116 cm³/mol. The van der Waals surface area contributed by atoms with E-state index < -0.39 is 47.4 Å². The van der Waals surface area contributed by atoms with Crippen LogP contribution < -0.4 is 5.73 Å². The maximum Gasteiger partial charge on any atom is 0.416 e. The van der Waals surface area contributed by atoms with Crippen molar-refractivity contribution in [3.05, 3.63) is 70.0 Å². The van der Waals surface area contributed by atoms with Gasteiger partial charge in [-0.1, -0.05) is 6.07 Å². The minimum Gasteiger partial charge on any atom is -0.330 e. The van der Waals surface area contributed by atoms with E-state index in [1.807, 2.05) is 0 Å². The zero-order valence-electron chi connectivity index (χ0n) is 19.3. The fourth-order valence-electron chi connectivity index (χ4n) is 4.52. The molecule has 1 fully saturated rings. The van der Waals surface area contributed by atoms with Gasteiger partial charge in [-0.15, -0.1) is 0 Å². The highest BCUT2D eigenvalue weighted by Crippen LogP contribution is 2.41. The third-order valence-electron chi connectivity index (χ3n) is 6.60. The molecule has 0 radical (unpaired) electrons. The molecule has 4 nitrogen and oxygen atoms in total. The number of nitrogens with two attached hydrogens (primary N) is 1. The first-order valence-corrected chi connectivity index (χ1v) is 10.9. The van der Waals surface area contributed by atoms with E-state index in [0.29, 0.717) is 29.7 Å². The fraction of sp³-hybridized carbons (Fsp3) is 0.458. The van der Waals surface area contributed by atoms with Crippen molar-refractivity contribution >= 4 is 6.03 Å². The van der Waals surface area contributed by atoms with Gasteiger partial charge in [-0.05, 0) is 79.8 Å². The van der Waals surface area contributed by atoms with Crippen molar-refractivity contribution in [1.82, 2.24) is 9.80 Å². The Bertz CT molecular complexity index is 1050. The number of alkyl halides is 6. The fourth-order valence-corrected chi connectivity index (χ4v) is 4.52. The average Bonchev–Trinajstić information content (AvgIpc) is 3.19. The Balaban J connectivity index is 1.96. The maximum absolute atomic E-state index is 13.7. The molecule has 0 unspecified atom stereocenters. The molecule has 1 saturated heterocycles. The second-order valence-electron chi connectivity index (χ2n) is 8.83. The summed E-state index contributed by atoms with van der Waals surface area (Å²) in [6, 6.07) is 3.28. The molecule has 0 aliphatic carbocycles. The lowest BCUT2D eigenvalue weighted by atomic mass is 9.91. The molecule has 0 saturated carbocycles. The number of benzene rings is 2. The maximum atomic E-state index is 13.7. The lowest BCUT2D eigenvalue weighted by Gasteiger charge is -2.35. The highest BCUT2D eigenvalue weighted by molar-refractivity contribution is 5.76. The molecule has 1 aliphatic rings. The van der Waals surface area contributed by atoms with Crippen LogP contribution in [0.15, 0.2) is 36.4 Å². The molecular weight excluding hydrogens is 479 g/mol. The van der Waals surface area contributed by atoms with Crippen LogP contribution in [0.5, 0.6) is 0 Å². The van der Waals surface area contributed by atoms with Crippen molar-refractivity contribution in [3.8, 4) is 0 Å². The van der Waals surface area contributed by atoms with E-state index in [-0.39, 0.29) is 30.6 Å². The summed E-state index contributed by atoms with van der Waals surface area (Å²) in [6.45, 7) is 3.59. The average molecular weight is 505 g/mol. The van der Waals surface area contributed by atoms with Crippen molar-refractivity contribution in [2.45, 2.75) is 44.7 Å². The third-order valence-corrected chi connectivity index (χ3v) is 6.60. The minimum atomic E-state index is -4.99. The molecule has 0 bridgehead atoms. The number of carbonyl (C=O) groups is 1. The van der Waals surface area contributed by atoms with Crippen molar-refractivity contribution in [2.75, 3.05) is 20.1 Å². The summed E-state index contributed by atoms with van der Waals surface area (Å²) in [5.41, 5.74) is 4.01. The van der Waals surface area contributed by atoms with Crippen molar-refractivity contribution in [2.24, 2.45) is 11.7 Å². The van der Waals surface area contributed by atoms with Gasteiger partial charge in [-0.3, -0.25) is 0 Å². The van der Waals surface area contributed by atoms with E-state index in [0.717, 1.165) is 4.90 Å². The topological polar surface area (TPSA) is 49.6 Å². The molecular formula is C24H26F7N3O. The largest absolute Gasteiger partial charge is 0.416 e. The Morgan fingerprint density at radius 1 is 1.09 bits per heavy atom. The molecule has 2 amide bonds. The van der Waals surface area contributed by atoms with E-state index in [9.17, 15) is 35.5 Å². The summed E-state index contributed by atoms with van der Waals surface area (Å²) in [6.07, 6.45) is -9.44. The van der Waals surface area contributed by atoms with Crippen LogP contribution in [-0.4, -0.2) is 36.0 Å². The van der Waals surface area contributed by atoms with Crippen LogP contribution in [0.2, 0.25) is 0 Å².